The molecule has 1 saturated heterocycles. The van der Waals surface area contributed by atoms with Crippen molar-refractivity contribution in [2.45, 2.75) is 31.9 Å². The van der Waals surface area contributed by atoms with Crippen LogP contribution >= 0.6 is 0 Å². The van der Waals surface area contributed by atoms with E-state index in [2.05, 4.69) is 27.0 Å². The largest absolute Gasteiger partial charge is 0.490 e. The van der Waals surface area contributed by atoms with Gasteiger partial charge >= 0.3 is 24.3 Å². The zero-order valence-electron chi connectivity index (χ0n) is 21.0. The molecule has 222 valence electrons. The van der Waals surface area contributed by atoms with Crippen molar-refractivity contribution in [3.05, 3.63) is 52.6 Å². The molecule has 1 aromatic carbocycles. The summed E-state index contributed by atoms with van der Waals surface area (Å²) in [6, 6.07) is 6.63. The summed E-state index contributed by atoms with van der Waals surface area (Å²) in [5.74, 6) is -5.68. The van der Waals surface area contributed by atoms with Crippen LogP contribution in [0.5, 0.6) is 0 Å². The summed E-state index contributed by atoms with van der Waals surface area (Å²) in [5, 5.41) is 21.7. The summed E-state index contributed by atoms with van der Waals surface area (Å²) in [5.41, 5.74) is 3.76. The van der Waals surface area contributed by atoms with Crippen LogP contribution in [0.1, 0.15) is 27.3 Å². The average Bonchev–Trinajstić information content (AvgIpc) is 3.28. The molecule has 0 unspecified atom stereocenters. The lowest BCUT2D eigenvalue weighted by atomic mass is 10.0. The average molecular weight is 585 g/mol. The van der Waals surface area contributed by atoms with Gasteiger partial charge in [-0.1, -0.05) is 12.1 Å². The maximum absolute atomic E-state index is 13.1. The van der Waals surface area contributed by atoms with E-state index in [0.717, 1.165) is 69.1 Å². The molecule has 4 rings (SSSR count). The number of rotatable bonds is 3. The number of alkyl halides is 6. The second kappa shape index (κ2) is 13.6. The zero-order chi connectivity index (χ0) is 30.3. The number of benzene rings is 1. The first-order valence-corrected chi connectivity index (χ1v) is 11.6. The second-order valence-electron chi connectivity index (χ2n) is 8.82. The Bertz CT molecular complexity index is 1140. The lowest BCUT2D eigenvalue weighted by Crippen LogP contribution is -2.47. The summed E-state index contributed by atoms with van der Waals surface area (Å²) in [4.78, 5) is 37.0. The van der Waals surface area contributed by atoms with E-state index in [0.29, 0.717) is 5.69 Å². The maximum Gasteiger partial charge on any atom is 0.490 e. The van der Waals surface area contributed by atoms with E-state index in [-0.39, 0.29) is 11.7 Å². The molecule has 0 bridgehead atoms. The zero-order valence-corrected chi connectivity index (χ0v) is 21.0. The number of carboxylic acids is 2. The molecule has 2 aliphatic rings. The van der Waals surface area contributed by atoms with Crippen LogP contribution in [0.3, 0.4) is 0 Å². The molecule has 0 aliphatic carbocycles. The fourth-order valence-corrected chi connectivity index (χ4v) is 3.69. The molecule has 2 aliphatic heterocycles. The van der Waals surface area contributed by atoms with Gasteiger partial charge in [0.1, 0.15) is 5.82 Å². The summed E-state index contributed by atoms with van der Waals surface area (Å²) in [7, 11) is 2.08. The van der Waals surface area contributed by atoms with E-state index in [1.54, 1.807) is 0 Å². The lowest BCUT2D eigenvalue weighted by Gasteiger charge is -2.32. The molecule has 2 aromatic rings. The molecule has 3 heterocycles. The first-order valence-electron chi connectivity index (χ1n) is 11.6. The van der Waals surface area contributed by atoms with Gasteiger partial charge in [-0.25, -0.2) is 14.0 Å². The summed E-state index contributed by atoms with van der Waals surface area (Å²) < 4.78 is 76.5. The number of carbonyl (C=O) groups is 3. The predicted molar refractivity (Wildman–Crippen MR) is 124 cm³/mol. The van der Waals surface area contributed by atoms with Crippen LogP contribution in [0.2, 0.25) is 0 Å². The molecule has 1 aromatic heterocycles. The number of hydrogen-bond acceptors (Lipinski definition) is 6. The molecule has 10 nitrogen and oxygen atoms in total. The fraction of sp³-hybridized carbons (Fsp3) is 0.478. The van der Waals surface area contributed by atoms with Crippen LogP contribution in [-0.2, 0) is 29.1 Å². The molecule has 0 saturated carbocycles. The number of nitrogens with zero attached hydrogens (tertiary/aromatic N) is 4. The van der Waals surface area contributed by atoms with Crippen LogP contribution in [0.15, 0.2) is 24.3 Å². The number of carbonyl (C=O) groups excluding carboxylic acids is 1. The Hall–Kier alpha value is -3.73. The Balaban J connectivity index is 0.000000333. The van der Waals surface area contributed by atoms with Crippen LogP contribution < -0.4 is 0 Å². The minimum atomic E-state index is -5.08. The third kappa shape index (κ3) is 9.78. The summed E-state index contributed by atoms with van der Waals surface area (Å²) in [6.45, 7) is 5.69. The second-order valence-corrected chi connectivity index (χ2v) is 8.82. The van der Waals surface area contributed by atoms with Crippen LogP contribution in [0, 0.1) is 5.82 Å². The number of carboxylic acid groups (broad SMARTS) is 2. The van der Waals surface area contributed by atoms with Crippen molar-refractivity contribution in [1.82, 2.24) is 24.9 Å². The number of aromatic nitrogens is 2. The van der Waals surface area contributed by atoms with E-state index in [9.17, 15) is 35.5 Å². The van der Waals surface area contributed by atoms with Gasteiger partial charge in [0.15, 0.2) is 5.69 Å². The highest BCUT2D eigenvalue weighted by molar-refractivity contribution is 5.94. The first-order chi connectivity index (χ1) is 18.5. The Kier molecular flexibility index (Phi) is 11.0. The van der Waals surface area contributed by atoms with Crippen molar-refractivity contribution in [2.75, 3.05) is 39.8 Å². The number of likely N-dealkylation sites (N-methyl/N-ethyl adjacent to an activating group) is 1. The van der Waals surface area contributed by atoms with Crippen molar-refractivity contribution in [2.24, 2.45) is 0 Å². The van der Waals surface area contributed by atoms with Gasteiger partial charge < -0.3 is 20.0 Å². The normalized spacial score (nSPS) is 16.1. The van der Waals surface area contributed by atoms with Crippen molar-refractivity contribution < 1.29 is 55.3 Å². The van der Waals surface area contributed by atoms with Gasteiger partial charge in [0.25, 0.3) is 5.91 Å². The Morgan fingerprint density at radius 1 is 0.900 bits per heavy atom. The minimum absolute atomic E-state index is 0.0441. The van der Waals surface area contributed by atoms with Crippen LogP contribution in [-0.4, -0.2) is 105 Å². The van der Waals surface area contributed by atoms with Crippen LogP contribution in [0.4, 0.5) is 30.7 Å². The molecule has 3 N–H and O–H groups in total. The van der Waals surface area contributed by atoms with Crippen molar-refractivity contribution in [3.63, 3.8) is 0 Å². The van der Waals surface area contributed by atoms with Gasteiger partial charge in [-0.2, -0.15) is 31.4 Å². The van der Waals surface area contributed by atoms with Crippen molar-refractivity contribution in [1.29, 1.82) is 0 Å². The number of halogens is 7. The summed E-state index contributed by atoms with van der Waals surface area (Å²) >= 11 is 0. The summed E-state index contributed by atoms with van der Waals surface area (Å²) in [6.07, 6.45) is -9.36. The molecule has 0 spiro atoms. The molecule has 0 atom stereocenters. The Morgan fingerprint density at radius 3 is 1.88 bits per heavy atom. The van der Waals surface area contributed by atoms with Crippen molar-refractivity contribution in [3.8, 4) is 0 Å². The quantitative estimate of drug-likeness (QED) is 0.469. The minimum Gasteiger partial charge on any atom is -0.475 e. The highest BCUT2D eigenvalue weighted by Crippen LogP contribution is 2.23. The van der Waals surface area contributed by atoms with Gasteiger partial charge in [0, 0.05) is 51.4 Å². The molecule has 40 heavy (non-hydrogen) atoms. The van der Waals surface area contributed by atoms with Crippen molar-refractivity contribution >= 4 is 17.8 Å². The smallest absolute Gasteiger partial charge is 0.475 e. The monoisotopic (exact) mass is 585 g/mol. The number of amides is 1. The molecular formula is C23H26F7N5O5. The molecular weight excluding hydrogens is 559 g/mol. The van der Waals surface area contributed by atoms with E-state index in [1.807, 2.05) is 17.0 Å². The van der Waals surface area contributed by atoms with Gasteiger partial charge in [-0.3, -0.25) is 14.8 Å². The number of aromatic amines is 1. The number of fused-ring (bicyclic) bond motifs is 1. The number of hydrogen-bond donors (Lipinski definition) is 3. The molecule has 1 amide bonds. The first kappa shape index (κ1) is 32.5. The van der Waals surface area contributed by atoms with E-state index < -0.39 is 24.3 Å². The third-order valence-electron chi connectivity index (χ3n) is 5.81. The van der Waals surface area contributed by atoms with Gasteiger partial charge in [0.2, 0.25) is 0 Å². The van der Waals surface area contributed by atoms with E-state index in [1.165, 1.54) is 12.1 Å². The standard InChI is InChI=1S/C19H24FN5O.2C2HF3O2/c1-23-8-10-25(11-9-23)19(26)18-16-6-7-24(13-17(16)21-22-18)12-14-2-4-15(20)5-3-14;2*3-2(4,5)1(6)7/h2-5H,6-13H2,1H3,(H,21,22);2*(H,6,7). The molecule has 0 radical (unpaired) electrons. The highest BCUT2D eigenvalue weighted by Gasteiger charge is 2.39. The Labute approximate surface area is 223 Å². The highest BCUT2D eigenvalue weighted by atomic mass is 19.4. The lowest BCUT2D eigenvalue weighted by molar-refractivity contribution is -0.193. The van der Waals surface area contributed by atoms with Gasteiger partial charge in [-0.05, 0) is 31.2 Å². The molecule has 1 fully saturated rings. The number of H-pyrrole nitrogens is 1. The maximum atomic E-state index is 13.1. The topological polar surface area (TPSA) is 130 Å². The SMILES string of the molecule is CN1CCN(C(=O)c2n[nH]c3c2CCN(Cc2ccc(F)cc2)C3)CC1.O=C(O)C(F)(F)F.O=C(O)C(F)(F)F. The number of nitrogens with one attached hydrogen (secondary N) is 1. The van der Waals surface area contributed by atoms with E-state index in [4.69, 9.17) is 19.8 Å². The Morgan fingerprint density at radius 2 is 1.40 bits per heavy atom. The predicted octanol–water partition coefficient (Wildman–Crippen LogP) is 2.76. The fourth-order valence-electron chi connectivity index (χ4n) is 3.69. The third-order valence-corrected chi connectivity index (χ3v) is 5.81. The number of piperazine rings is 1. The van der Waals surface area contributed by atoms with Gasteiger partial charge in [0.05, 0.1) is 5.69 Å². The number of aliphatic carboxylic acids is 2. The van der Waals surface area contributed by atoms with Crippen LogP contribution in [0.25, 0.3) is 0 Å². The van der Waals surface area contributed by atoms with Gasteiger partial charge in [-0.15, -0.1) is 0 Å². The molecule has 17 heteroatoms. The van der Waals surface area contributed by atoms with E-state index >= 15 is 0 Å².